The molecule has 10 heteroatoms. The van der Waals surface area contributed by atoms with Gasteiger partial charge < -0.3 is 25.2 Å². The van der Waals surface area contributed by atoms with Crippen molar-refractivity contribution >= 4 is 17.8 Å². The molecule has 2 amide bonds. The quantitative estimate of drug-likeness (QED) is 0.485. The van der Waals surface area contributed by atoms with Crippen LogP contribution < -0.4 is 10.1 Å². The van der Waals surface area contributed by atoms with Crippen LogP contribution in [-0.2, 0) is 11.2 Å². The van der Waals surface area contributed by atoms with Crippen molar-refractivity contribution in [2.75, 3.05) is 12.4 Å². The van der Waals surface area contributed by atoms with Crippen LogP contribution in [0.2, 0.25) is 0 Å². The predicted octanol–water partition coefficient (Wildman–Crippen LogP) is 3.30. The second kappa shape index (κ2) is 10.0. The van der Waals surface area contributed by atoms with Gasteiger partial charge in [-0.25, -0.2) is 9.78 Å². The maximum Gasteiger partial charge on any atom is 0.407 e. The van der Waals surface area contributed by atoms with Gasteiger partial charge in [0.15, 0.2) is 5.82 Å². The van der Waals surface area contributed by atoms with Gasteiger partial charge in [-0.15, -0.1) is 0 Å². The number of ether oxygens (including phenoxy) is 1. The number of aliphatic hydroxyl groups is 1. The Bertz CT molecular complexity index is 995. The number of aromatic amines is 1. The van der Waals surface area contributed by atoms with Crippen LogP contribution in [0.1, 0.15) is 69.0 Å². The van der Waals surface area contributed by atoms with E-state index < -0.39 is 11.7 Å². The van der Waals surface area contributed by atoms with Crippen LogP contribution in [0.25, 0.3) is 0 Å². The van der Waals surface area contributed by atoms with Gasteiger partial charge in [0.05, 0.1) is 19.1 Å². The maximum absolute atomic E-state index is 12.4. The van der Waals surface area contributed by atoms with E-state index in [0.29, 0.717) is 43.8 Å². The second-order valence-electron chi connectivity index (χ2n) is 9.72. The summed E-state index contributed by atoms with van der Waals surface area (Å²) in [6.45, 7) is 1.82. The molecular formula is C24H33N5O5. The molecular weight excluding hydrogens is 438 g/mol. The molecule has 0 aromatic carbocycles. The summed E-state index contributed by atoms with van der Waals surface area (Å²) in [5, 5.41) is 30.2. The van der Waals surface area contributed by atoms with Crippen LogP contribution in [-0.4, -0.2) is 67.1 Å². The van der Waals surface area contributed by atoms with Crippen molar-refractivity contribution in [3.63, 3.8) is 0 Å². The number of carboxylic acid groups (broad SMARTS) is 1. The van der Waals surface area contributed by atoms with Crippen molar-refractivity contribution in [3.05, 3.63) is 35.7 Å². The van der Waals surface area contributed by atoms with Gasteiger partial charge >= 0.3 is 6.09 Å². The zero-order chi connectivity index (χ0) is 24.3. The highest BCUT2D eigenvalue weighted by atomic mass is 16.5. The lowest BCUT2D eigenvalue weighted by molar-refractivity contribution is -0.115. The summed E-state index contributed by atoms with van der Waals surface area (Å²) in [5.74, 6) is 0.907. The molecule has 2 fully saturated rings. The third kappa shape index (κ3) is 5.67. The van der Waals surface area contributed by atoms with Crippen molar-refractivity contribution in [2.45, 2.75) is 81.9 Å². The number of anilines is 1. The van der Waals surface area contributed by atoms with Crippen LogP contribution in [0.5, 0.6) is 5.88 Å². The molecule has 2 aliphatic rings. The topological polar surface area (TPSA) is 141 Å². The summed E-state index contributed by atoms with van der Waals surface area (Å²) >= 11 is 0. The van der Waals surface area contributed by atoms with Crippen molar-refractivity contribution in [2.24, 2.45) is 0 Å². The van der Waals surface area contributed by atoms with Gasteiger partial charge in [0.25, 0.3) is 0 Å². The molecule has 184 valence electrons. The molecule has 34 heavy (non-hydrogen) atoms. The first kappa shape index (κ1) is 24.0. The van der Waals surface area contributed by atoms with Gasteiger partial charge in [-0.05, 0) is 57.4 Å². The fraction of sp³-hybridized carbons (Fsp3) is 0.583. The highest BCUT2D eigenvalue weighted by molar-refractivity contribution is 5.91. The van der Waals surface area contributed by atoms with Crippen molar-refractivity contribution < 1.29 is 24.5 Å². The Hall–Kier alpha value is -3.14. The first-order chi connectivity index (χ1) is 16.2. The molecule has 0 radical (unpaired) electrons. The van der Waals surface area contributed by atoms with E-state index in [9.17, 15) is 19.8 Å². The first-order valence-electron chi connectivity index (χ1n) is 11.8. The number of carbonyl (C=O) groups is 2. The molecule has 2 aromatic heterocycles. The highest BCUT2D eigenvalue weighted by Gasteiger charge is 2.40. The lowest BCUT2D eigenvalue weighted by Gasteiger charge is -2.40. The third-order valence-corrected chi connectivity index (χ3v) is 7.12. The van der Waals surface area contributed by atoms with Crippen LogP contribution >= 0.6 is 0 Å². The number of amides is 2. The van der Waals surface area contributed by atoms with Crippen LogP contribution in [0, 0.1) is 0 Å². The molecule has 2 aromatic rings. The van der Waals surface area contributed by atoms with Gasteiger partial charge in [-0.1, -0.05) is 6.07 Å². The van der Waals surface area contributed by atoms with Gasteiger partial charge in [0.2, 0.25) is 11.8 Å². The minimum absolute atomic E-state index is 0.0504. The van der Waals surface area contributed by atoms with Gasteiger partial charge in [-0.3, -0.25) is 9.89 Å². The Morgan fingerprint density at radius 3 is 2.65 bits per heavy atom. The molecule has 10 nitrogen and oxygen atoms in total. The number of H-pyrrole nitrogens is 1. The highest BCUT2D eigenvalue weighted by Crippen LogP contribution is 2.40. The van der Waals surface area contributed by atoms with E-state index in [1.807, 2.05) is 13.0 Å². The standard InChI is InChI=1S/C24H33N5O5/c1-24(33)9-7-17(8-10-24)29(23(31)32)18-5-4-16(12-18)19-13-20(28-27-19)26-21(30)11-15-3-6-22(34-2)25-14-15/h3,6,13-14,16-18,33H,4-5,7-12H2,1-2H3,(H,31,32)(H2,26,27,28,30)/t16-,17?,18+,24?/m1/s1. The van der Waals surface area contributed by atoms with Crippen molar-refractivity contribution in [3.8, 4) is 5.88 Å². The number of hydrogen-bond donors (Lipinski definition) is 4. The Balaban J connectivity index is 1.33. The maximum atomic E-state index is 12.4. The molecule has 2 heterocycles. The number of aromatic nitrogens is 3. The lowest BCUT2D eigenvalue weighted by atomic mass is 9.82. The summed E-state index contributed by atoms with van der Waals surface area (Å²) in [6, 6.07) is 5.23. The molecule has 0 unspecified atom stereocenters. The minimum atomic E-state index is -0.886. The lowest BCUT2D eigenvalue weighted by Crippen LogP contribution is -2.49. The summed E-state index contributed by atoms with van der Waals surface area (Å²) in [4.78, 5) is 30.2. The first-order valence-corrected chi connectivity index (χ1v) is 11.8. The number of hydrogen-bond acceptors (Lipinski definition) is 6. The van der Waals surface area contributed by atoms with E-state index in [0.717, 1.165) is 24.1 Å². The molecule has 2 atom stereocenters. The van der Waals surface area contributed by atoms with E-state index in [-0.39, 0.29) is 30.3 Å². The number of methoxy groups -OCH3 is 1. The smallest absolute Gasteiger partial charge is 0.407 e. The Morgan fingerprint density at radius 2 is 2.00 bits per heavy atom. The van der Waals surface area contributed by atoms with Crippen molar-refractivity contribution in [1.82, 2.24) is 20.1 Å². The predicted molar refractivity (Wildman–Crippen MR) is 125 cm³/mol. The largest absolute Gasteiger partial charge is 0.481 e. The van der Waals surface area contributed by atoms with Gasteiger partial charge in [0.1, 0.15) is 0 Å². The van der Waals surface area contributed by atoms with E-state index in [1.54, 1.807) is 23.2 Å². The average molecular weight is 472 g/mol. The van der Waals surface area contributed by atoms with Crippen LogP contribution in [0.4, 0.5) is 10.6 Å². The fourth-order valence-corrected chi connectivity index (χ4v) is 5.22. The summed E-state index contributed by atoms with van der Waals surface area (Å²) in [6.07, 6.45) is 5.85. The van der Waals surface area contributed by atoms with E-state index in [4.69, 9.17) is 4.74 Å². The molecule has 0 bridgehead atoms. The minimum Gasteiger partial charge on any atom is -0.481 e. The monoisotopic (exact) mass is 471 g/mol. The average Bonchev–Trinajstić information content (AvgIpc) is 3.45. The van der Waals surface area contributed by atoms with Crippen molar-refractivity contribution in [1.29, 1.82) is 0 Å². The Morgan fingerprint density at radius 1 is 1.24 bits per heavy atom. The second-order valence-corrected chi connectivity index (χ2v) is 9.72. The number of rotatable bonds is 7. The van der Waals surface area contributed by atoms with Gasteiger partial charge in [-0.2, -0.15) is 5.10 Å². The van der Waals surface area contributed by atoms with E-state index >= 15 is 0 Å². The summed E-state index contributed by atoms with van der Waals surface area (Å²) in [5.41, 5.74) is 0.978. The van der Waals surface area contributed by atoms with Crippen LogP contribution in [0.15, 0.2) is 24.4 Å². The summed E-state index contributed by atoms with van der Waals surface area (Å²) < 4.78 is 5.03. The third-order valence-electron chi connectivity index (χ3n) is 7.12. The van der Waals surface area contributed by atoms with E-state index in [2.05, 4.69) is 20.5 Å². The normalized spacial score (nSPS) is 26.7. The molecule has 0 saturated heterocycles. The molecule has 4 rings (SSSR count). The fourth-order valence-electron chi connectivity index (χ4n) is 5.22. The number of pyridine rings is 1. The Kier molecular flexibility index (Phi) is 7.06. The zero-order valence-electron chi connectivity index (χ0n) is 19.7. The molecule has 4 N–H and O–H groups in total. The SMILES string of the molecule is COc1ccc(CC(=O)Nc2cc([C@@H]3CC[C@H](N(C(=O)O)C4CCC(C)(O)CC4)C3)[nH]n2)cn1. The van der Waals surface area contributed by atoms with Crippen LogP contribution in [0.3, 0.4) is 0 Å². The molecule has 0 spiro atoms. The number of nitrogens with zero attached hydrogens (tertiary/aromatic N) is 3. The molecule has 0 aliphatic heterocycles. The summed E-state index contributed by atoms with van der Waals surface area (Å²) in [7, 11) is 1.54. The Labute approximate surface area is 198 Å². The van der Waals surface area contributed by atoms with Gasteiger partial charge in [0, 0.05) is 42.0 Å². The molecule has 2 saturated carbocycles. The number of carbonyl (C=O) groups excluding carboxylic acids is 1. The molecule has 2 aliphatic carbocycles. The zero-order valence-corrected chi connectivity index (χ0v) is 19.7. The van der Waals surface area contributed by atoms with E-state index in [1.165, 1.54) is 7.11 Å². The number of nitrogens with one attached hydrogen (secondary N) is 2.